The number of ether oxygens (including phenoxy) is 2. The first-order valence-corrected chi connectivity index (χ1v) is 13.1. The Kier molecular flexibility index (Phi) is 10.7. The van der Waals surface area contributed by atoms with Gasteiger partial charge in [-0.05, 0) is 94.7 Å². The van der Waals surface area contributed by atoms with E-state index in [2.05, 4.69) is 23.8 Å². The molecule has 0 aliphatic carbocycles. The van der Waals surface area contributed by atoms with Crippen molar-refractivity contribution in [2.75, 3.05) is 13.2 Å². The minimum Gasteiger partial charge on any atom is -0.450 e. The first-order chi connectivity index (χ1) is 17.7. The normalized spacial score (nSPS) is 11.6. The van der Waals surface area contributed by atoms with Crippen LogP contribution in [0, 0.1) is 5.92 Å². The minimum atomic E-state index is -0.588. The smallest absolute Gasteiger partial charge is 0.407 e. The lowest BCUT2D eigenvalue weighted by Gasteiger charge is -2.27. The Balaban J connectivity index is 1.72. The van der Waals surface area contributed by atoms with Crippen LogP contribution >= 0.6 is 0 Å². The highest BCUT2D eigenvalue weighted by molar-refractivity contribution is 5.70. The molecule has 0 atom stereocenters. The lowest BCUT2D eigenvalue weighted by molar-refractivity contribution is 0.118. The van der Waals surface area contributed by atoms with Crippen LogP contribution in [0.25, 0.3) is 11.1 Å². The zero-order valence-electron chi connectivity index (χ0n) is 24.1. The van der Waals surface area contributed by atoms with E-state index >= 15 is 0 Å². The van der Waals surface area contributed by atoms with Crippen molar-refractivity contribution in [3.8, 4) is 0 Å². The van der Waals surface area contributed by atoms with E-state index in [9.17, 15) is 9.59 Å². The summed E-state index contributed by atoms with van der Waals surface area (Å²) in [6.07, 6.45) is 0.416. The van der Waals surface area contributed by atoms with E-state index in [4.69, 9.17) is 9.47 Å². The Labute approximate surface area is 228 Å². The summed E-state index contributed by atoms with van der Waals surface area (Å²) in [6.45, 7) is 22.3. The van der Waals surface area contributed by atoms with Gasteiger partial charge >= 0.3 is 12.2 Å². The van der Waals surface area contributed by atoms with Gasteiger partial charge in [0.25, 0.3) is 0 Å². The molecule has 2 N–H and O–H groups in total. The van der Waals surface area contributed by atoms with Gasteiger partial charge in [0.2, 0.25) is 0 Å². The quantitative estimate of drug-likeness (QED) is 0.299. The monoisotopic (exact) mass is 520 g/mol. The Morgan fingerprint density at radius 2 is 1.13 bits per heavy atom. The van der Waals surface area contributed by atoms with Crippen LogP contribution < -0.4 is 10.6 Å². The molecule has 2 amide bonds. The van der Waals surface area contributed by atoms with Gasteiger partial charge in [0.15, 0.2) is 0 Å². The van der Waals surface area contributed by atoms with E-state index in [-0.39, 0.29) is 19.1 Å². The average Bonchev–Trinajstić information content (AvgIpc) is 2.83. The highest BCUT2D eigenvalue weighted by Crippen LogP contribution is 2.25. The standard InChI is InChI=1S/C32H44N2O4/c1-22(2)25-12-10-14-27(20-25)31(6,7)33-29(35)37-18-16-24(5)17-19-38-30(36)34-32(8,9)28-15-11-13-26(21-28)23(3)4/h10-15,20-21,24H,1,3,16-19H2,2,4-9H3,(H,33,35)(H,34,36). The van der Waals surface area contributed by atoms with Gasteiger partial charge in [-0.15, -0.1) is 0 Å². The third-order valence-corrected chi connectivity index (χ3v) is 6.67. The fraction of sp³-hybridized carbons (Fsp3) is 0.438. The van der Waals surface area contributed by atoms with Gasteiger partial charge < -0.3 is 20.1 Å². The Morgan fingerprint density at radius 1 is 0.763 bits per heavy atom. The van der Waals surface area contributed by atoms with Gasteiger partial charge in [-0.1, -0.05) is 67.6 Å². The lowest BCUT2D eigenvalue weighted by atomic mass is 9.92. The molecule has 0 bridgehead atoms. The maximum absolute atomic E-state index is 12.4. The molecule has 206 valence electrons. The predicted molar refractivity (Wildman–Crippen MR) is 156 cm³/mol. The minimum absolute atomic E-state index is 0.219. The summed E-state index contributed by atoms with van der Waals surface area (Å²) < 4.78 is 10.8. The Morgan fingerprint density at radius 3 is 1.47 bits per heavy atom. The summed E-state index contributed by atoms with van der Waals surface area (Å²) in [7, 11) is 0. The van der Waals surface area contributed by atoms with E-state index in [1.54, 1.807) is 0 Å². The van der Waals surface area contributed by atoms with Crippen molar-refractivity contribution in [3.05, 3.63) is 83.9 Å². The second-order valence-electron chi connectivity index (χ2n) is 11.2. The van der Waals surface area contributed by atoms with Gasteiger partial charge in [0.1, 0.15) is 0 Å². The fourth-order valence-corrected chi connectivity index (χ4v) is 3.92. The molecular weight excluding hydrogens is 476 g/mol. The second kappa shape index (κ2) is 13.3. The van der Waals surface area contributed by atoms with Crippen LogP contribution in [-0.4, -0.2) is 25.4 Å². The zero-order valence-corrected chi connectivity index (χ0v) is 24.1. The number of allylic oxidation sites excluding steroid dienone is 2. The first kappa shape index (κ1) is 30.7. The molecule has 0 aliphatic rings. The molecule has 0 radical (unpaired) electrons. The highest BCUT2D eigenvalue weighted by atomic mass is 16.6. The molecule has 6 nitrogen and oxygen atoms in total. The molecule has 0 aliphatic heterocycles. The summed E-state index contributed by atoms with van der Waals surface area (Å²) in [4.78, 5) is 24.8. The average molecular weight is 521 g/mol. The molecule has 0 saturated carbocycles. The van der Waals surface area contributed by atoms with Crippen LogP contribution in [0.1, 0.15) is 83.6 Å². The van der Waals surface area contributed by atoms with Crippen molar-refractivity contribution < 1.29 is 19.1 Å². The number of amides is 2. The molecule has 0 aromatic heterocycles. The van der Waals surface area contributed by atoms with Crippen molar-refractivity contribution in [1.82, 2.24) is 10.6 Å². The van der Waals surface area contributed by atoms with Crippen LogP contribution in [0.4, 0.5) is 9.59 Å². The SMILES string of the molecule is C=C(C)c1cccc(C(C)(C)NC(=O)OCCC(C)CCOC(=O)NC(C)(C)c2cccc(C(=C)C)c2)c1. The molecule has 38 heavy (non-hydrogen) atoms. The number of nitrogens with one attached hydrogen (secondary N) is 2. The van der Waals surface area contributed by atoms with Gasteiger partial charge in [-0.3, -0.25) is 0 Å². The third kappa shape index (κ3) is 9.40. The van der Waals surface area contributed by atoms with E-state index in [1.165, 1.54) is 0 Å². The van der Waals surface area contributed by atoms with E-state index in [1.807, 2.05) is 97.0 Å². The maximum Gasteiger partial charge on any atom is 0.407 e. The van der Waals surface area contributed by atoms with Crippen LogP contribution in [0.2, 0.25) is 0 Å². The van der Waals surface area contributed by atoms with Crippen molar-refractivity contribution in [2.45, 2.75) is 72.4 Å². The number of rotatable bonds is 12. The van der Waals surface area contributed by atoms with Crippen molar-refractivity contribution in [3.63, 3.8) is 0 Å². The van der Waals surface area contributed by atoms with E-state index in [0.29, 0.717) is 12.8 Å². The summed E-state index contributed by atoms with van der Waals surface area (Å²) in [5.41, 5.74) is 4.79. The lowest BCUT2D eigenvalue weighted by Crippen LogP contribution is -2.41. The van der Waals surface area contributed by atoms with E-state index in [0.717, 1.165) is 33.4 Å². The summed E-state index contributed by atoms with van der Waals surface area (Å²) in [6, 6.07) is 15.9. The number of alkyl carbamates (subject to hydrolysis) is 2. The molecule has 0 fully saturated rings. The number of hydrogen-bond acceptors (Lipinski definition) is 4. The topological polar surface area (TPSA) is 76.7 Å². The van der Waals surface area contributed by atoms with Crippen LogP contribution in [0.3, 0.4) is 0 Å². The number of benzene rings is 2. The van der Waals surface area contributed by atoms with Crippen LogP contribution in [-0.2, 0) is 20.6 Å². The molecule has 2 aromatic rings. The summed E-state index contributed by atoms with van der Waals surface area (Å²) in [5, 5.41) is 5.88. The van der Waals surface area contributed by atoms with Crippen LogP contribution in [0.15, 0.2) is 61.7 Å². The van der Waals surface area contributed by atoms with Gasteiger partial charge in [0.05, 0.1) is 24.3 Å². The summed E-state index contributed by atoms with van der Waals surface area (Å²) in [5.74, 6) is 0.219. The first-order valence-electron chi connectivity index (χ1n) is 13.1. The Bertz CT molecular complexity index is 1060. The largest absolute Gasteiger partial charge is 0.450 e. The molecule has 0 unspecified atom stereocenters. The second-order valence-corrected chi connectivity index (χ2v) is 11.2. The maximum atomic E-state index is 12.4. The zero-order chi connectivity index (χ0) is 28.5. The van der Waals surface area contributed by atoms with E-state index < -0.39 is 23.3 Å². The molecule has 2 rings (SSSR count). The number of carbonyl (C=O) groups excluding carboxylic acids is 2. The molecule has 0 heterocycles. The Hall–Kier alpha value is -3.54. The van der Waals surface area contributed by atoms with Crippen molar-refractivity contribution >= 4 is 23.3 Å². The molecule has 0 spiro atoms. The van der Waals surface area contributed by atoms with Crippen LogP contribution in [0.5, 0.6) is 0 Å². The third-order valence-electron chi connectivity index (χ3n) is 6.67. The molecular formula is C32H44N2O4. The van der Waals surface area contributed by atoms with Gasteiger partial charge in [-0.25, -0.2) is 9.59 Å². The number of carbonyl (C=O) groups is 2. The summed E-state index contributed by atoms with van der Waals surface area (Å²) >= 11 is 0. The van der Waals surface area contributed by atoms with Gasteiger partial charge in [0, 0.05) is 0 Å². The molecule has 6 heteroatoms. The fourth-order valence-electron chi connectivity index (χ4n) is 3.92. The predicted octanol–water partition coefficient (Wildman–Crippen LogP) is 7.79. The number of hydrogen-bond donors (Lipinski definition) is 2. The molecule has 2 aromatic carbocycles. The highest BCUT2D eigenvalue weighted by Gasteiger charge is 2.25. The van der Waals surface area contributed by atoms with Crippen molar-refractivity contribution in [2.24, 2.45) is 5.92 Å². The van der Waals surface area contributed by atoms with Crippen molar-refractivity contribution in [1.29, 1.82) is 0 Å². The van der Waals surface area contributed by atoms with Gasteiger partial charge in [-0.2, -0.15) is 0 Å². The molecule has 0 saturated heterocycles.